The molecule has 0 aliphatic carbocycles. The van der Waals surface area contributed by atoms with Crippen LogP contribution in [-0.2, 0) is 6.54 Å². The summed E-state index contributed by atoms with van der Waals surface area (Å²) >= 11 is 0. The Labute approximate surface area is 110 Å². The first-order chi connectivity index (χ1) is 8.67. The fourth-order valence-electron chi connectivity index (χ4n) is 1.98. The Morgan fingerprint density at radius 1 is 1.28 bits per heavy atom. The zero-order valence-electron chi connectivity index (χ0n) is 11.3. The molecular weight excluding hydrogens is 224 g/mol. The van der Waals surface area contributed by atoms with Gasteiger partial charge in [-0.05, 0) is 63.0 Å². The van der Waals surface area contributed by atoms with Crippen molar-refractivity contribution in [3.63, 3.8) is 0 Å². The summed E-state index contributed by atoms with van der Waals surface area (Å²) in [6.45, 7) is 4.30. The minimum atomic E-state index is 0.290. The molecule has 0 fully saturated rings. The molecule has 0 amide bonds. The van der Waals surface area contributed by atoms with Gasteiger partial charge in [0.2, 0.25) is 0 Å². The quantitative estimate of drug-likeness (QED) is 0.752. The highest BCUT2D eigenvalue weighted by atomic mass is 16.2. The standard InChI is InChI=1S/C15H22N2O/c1-13-10-14(11-16)6-7-15(13)12-17(2)8-4-3-5-9-18/h6-7,10,18H,3-5,8-9,12H2,1-2H3. The molecule has 18 heavy (non-hydrogen) atoms. The van der Waals surface area contributed by atoms with Crippen LogP contribution in [0.15, 0.2) is 18.2 Å². The maximum Gasteiger partial charge on any atom is 0.0991 e. The van der Waals surface area contributed by atoms with Crippen molar-refractivity contribution in [3.8, 4) is 6.07 Å². The van der Waals surface area contributed by atoms with Crippen LogP contribution in [0.25, 0.3) is 0 Å². The van der Waals surface area contributed by atoms with Crippen molar-refractivity contribution in [2.75, 3.05) is 20.2 Å². The Morgan fingerprint density at radius 3 is 2.67 bits per heavy atom. The Kier molecular flexibility index (Phi) is 6.42. The largest absolute Gasteiger partial charge is 0.396 e. The van der Waals surface area contributed by atoms with Gasteiger partial charge in [-0.3, -0.25) is 0 Å². The minimum Gasteiger partial charge on any atom is -0.396 e. The van der Waals surface area contributed by atoms with E-state index in [0.717, 1.165) is 37.9 Å². The topological polar surface area (TPSA) is 47.3 Å². The molecule has 0 unspecified atom stereocenters. The zero-order chi connectivity index (χ0) is 13.4. The van der Waals surface area contributed by atoms with Crippen molar-refractivity contribution < 1.29 is 5.11 Å². The number of aryl methyl sites for hydroxylation is 1. The molecule has 1 aromatic rings. The average molecular weight is 246 g/mol. The molecule has 0 aliphatic rings. The maximum absolute atomic E-state index is 8.82. The Morgan fingerprint density at radius 2 is 2.06 bits per heavy atom. The highest BCUT2D eigenvalue weighted by molar-refractivity contribution is 5.37. The van der Waals surface area contributed by atoms with E-state index in [-0.39, 0.29) is 0 Å². The summed E-state index contributed by atoms with van der Waals surface area (Å²) in [5, 5.41) is 17.5. The van der Waals surface area contributed by atoms with Gasteiger partial charge in [0, 0.05) is 13.2 Å². The maximum atomic E-state index is 8.82. The van der Waals surface area contributed by atoms with E-state index in [1.807, 2.05) is 18.2 Å². The second-order valence-electron chi connectivity index (χ2n) is 4.78. The highest BCUT2D eigenvalue weighted by Crippen LogP contribution is 2.13. The molecule has 3 nitrogen and oxygen atoms in total. The molecule has 0 radical (unpaired) electrons. The number of hydrogen-bond donors (Lipinski definition) is 1. The van der Waals surface area contributed by atoms with Gasteiger partial charge in [-0.1, -0.05) is 6.07 Å². The lowest BCUT2D eigenvalue weighted by Gasteiger charge is -2.18. The third-order valence-electron chi connectivity index (χ3n) is 3.11. The van der Waals surface area contributed by atoms with Gasteiger partial charge >= 0.3 is 0 Å². The van der Waals surface area contributed by atoms with E-state index < -0.39 is 0 Å². The fourth-order valence-corrected chi connectivity index (χ4v) is 1.98. The van der Waals surface area contributed by atoms with Crippen LogP contribution in [-0.4, -0.2) is 30.2 Å². The molecule has 0 saturated carbocycles. The number of rotatable bonds is 7. The van der Waals surface area contributed by atoms with Crippen LogP contribution in [0, 0.1) is 18.3 Å². The summed E-state index contributed by atoms with van der Waals surface area (Å²) < 4.78 is 0. The van der Waals surface area contributed by atoms with Crippen molar-refractivity contribution in [2.45, 2.75) is 32.7 Å². The lowest BCUT2D eigenvalue weighted by Crippen LogP contribution is -2.19. The zero-order valence-corrected chi connectivity index (χ0v) is 11.3. The summed E-state index contributed by atoms with van der Waals surface area (Å²) in [4.78, 5) is 2.28. The Balaban J connectivity index is 2.44. The van der Waals surface area contributed by atoms with Crippen molar-refractivity contribution >= 4 is 0 Å². The van der Waals surface area contributed by atoms with Crippen LogP contribution >= 0.6 is 0 Å². The summed E-state index contributed by atoms with van der Waals surface area (Å²) in [5.41, 5.74) is 3.18. The Hall–Kier alpha value is -1.37. The van der Waals surface area contributed by atoms with Crippen LogP contribution in [0.4, 0.5) is 0 Å². The van der Waals surface area contributed by atoms with Crippen molar-refractivity contribution in [3.05, 3.63) is 34.9 Å². The van der Waals surface area contributed by atoms with Crippen LogP contribution in [0.5, 0.6) is 0 Å². The van der Waals surface area contributed by atoms with E-state index in [9.17, 15) is 0 Å². The lowest BCUT2D eigenvalue weighted by atomic mass is 10.1. The number of hydrogen-bond acceptors (Lipinski definition) is 3. The van der Waals surface area contributed by atoms with Gasteiger partial charge in [0.05, 0.1) is 11.6 Å². The lowest BCUT2D eigenvalue weighted by molar-refractivity contribution is 0.271. The first-order valence-electron chi connectivity index (χ1n) is 6.46. The molecular formula is C15H22N2O. The predicted octanol–water partition coefficient (Wildman–Crippen LogP) is 2.46. The van der Waals surface area contributed by atoms with Gasteiger partial charge in [0.15, 0.2) is 0 Å². The monoisotopic (exact) mass is 246 g/mol. The number of aliphatic hydroxyl groups is 1. The molecule has 0 atom stereocenters. The van der Waals surface area contributed by atoms with Gasteiger partial charge in [-0.2, -0.15) is 5.26 Å². The van der Waals surface area contributed by atoms with Crippen LogP contribution in [0.2, 0.25) is 0 Å². The summed E-state index contributed by atoms with van der Waals surface area (Å²) in [6.07, 6.45) is 3.09. The van der Waals surface area contributed by atoms with Crippen molar-refractivity contribution in [1.29, 1.82) is 5.26 Å². The van der Waals surface area contributed by atoms with E-state index >= 15 is 0 Å². The summed E-state index contributed by atoms with van der Waals surface area (Å²) in [5.74, 6) is 0. The van der Waals surface area contributed by atoms with Crippen LogP contribution < -0.4 is 0 Å². The van der Waals surface area contributed by atoms with E-state index in [1.54, 1.807) is 0 Å². The minimum absolute atomic E-state index is 0.290. The molecule has 0 spiro atoms. The van der Waals surface area contributed by atoms with Crippen molar-refractivity contribution in [2.24, 2.45) is 0 Å². The molecule has 1 N–H and O–H groups in total. The van der Waals surface area contributed by atoms with Crippen molar-refractivity contribution in [1.82, 2.24) is 4.90 Å². The van der Waals surface area contributed by atoms with Crippen LogP contribution in [0.1, 0.15) is 36.0 Å². The molecule has 98 valence electrons. The normalized spacial score (nSPS) is 10.6. The number of benzene rings is 1. The number of nitrogens with zero attached hydrogens (tertiary/aromatic N) is 2. The van der Waals surface area contributed by atoms with E-state index in [4.69, 9.17) is 10.4 Å². The van der Waals surface area contributed by atoms with Gasteiger partial charge in [-0.25, -0.2) is 0 Å². The van der Waals surface area contributed by atoms with Gasteiger partial charge in [0.1, 0.15) is 0 Å². The van der Waals surface area contributed by atoms with E-state index in [1.165, 1.54) is 11.1 Å². The number of aliphatic hydroxyl groups excluding tert-OH is 1. The second-order valence-corrected chi connectivity index (χ2v) is 4.78. The smallest absolute Gasteiger partial charge is 0.0991 e. The molecule has 0 heterocycles. The van der Waals surface area contributed by atoms with Gasteiger partial charge in [0.25, 0.3) is 0 Å². The number of nitriles is 1. The predicted molar refractivity (Wildman–Crippen MR) is 73.2 cm³/mol. The molecule has 1 aromatic carbocycles. The molecule has 3 heteroatoms. The molecule has 0 aromatic heterocycles. The highest BCUT2D eigenvalue weighted by Gasteiger charge is 2.04. The molecule has 0 bridgehead atoms. The van der Waals surface area contributed by atoms with E-state index in [0.29, 0.717) is 6.61 Å². The summed E-state index contributed by atoms with van der Waals surface area (Å²) in [6, 6.07) is 8.02. The average Bonchev–Trinajstić information content (AvgIpc) is 2.37. The second kappa shape index (κ2) is 7.86. The SMILES string of the molecule is Cc1cc(C#N)ccc1CN(C)CCCCCO. The van der Waals surface area contributed by atoms with Crippen LogP contribution in [0.3, 0.4) is 0 Å². The summed E-state index contributed by atoms with van der Waals surface area (Å²) in [7, 11) is 2.11. The molecule has 0 aliphatic heterocycles. The molecule has 0 saturated heterocycles. The van der Waals surface area contributed by atoms with E-state index in [2.05, 4.69) is 24.9 Å². The Bertz CT molecular complexity index is 409. The fraction of sp³-hybridized carbons (Fsp3) is 0.533. The first kappa shape index (κ1) is 14.7. The third kappa shape index (κ3) is 4.87. The third-order valence-corrected chi connectivity index (χ3v) is 3.11. The van der Waals surface area contributed by atoms with Gasteiger partial charge < -0.3 is 10.0 Å². The first-order valence-corrected chi connectivity index (χ1v) is 6.46. The molecule has 1 rings (SSSR count). The van der Waals surface area contributed by atoms with Gasteiger partial charge in [-0.15, -0.1) is 0 Å². The number of unbranched alkanes of at least 4 members (excludes halogenated alkanes) is 2.